The van der Waals surface area contributed by atoms with E-state index in [4.69, 9.17) is 16.3 Å². The molecule has 3 aromatic rings. The first-order valence-electron chi connectivity index (χ1n) is 6.75. The van der Waals surface area contributed by atoms with E-state index in [1.807, 2.05) is 36.4 Å². The number of carboxylic acids is 1. The van der Waals surface area contributed by atoms with Crippen molar-refractivity contribution in [3.05, 3.63) is 53.1 Å². The SMILES string of the molecule is COc1ccc2[nH]c(-c3cccc(Cl)c3)c(CC(=O)O)c2c1. The molecule has 112 valence electrons. The van der Waals surface area contributed by atoms with Crippen LogP contribution in [0.4, 0.5) is 0 Å². The van der Waals surface area contributed by atoms with Crippen molar-refractivity contribution in [2.24, 2.45) is 0 Å². The van der Waals surface area contributed by atoms with Gasteiger partial charge in [-0.2, -0.15) is 0 Å². The van der Waals surface area contributed by atoms with Crippen LogP contribution in [0.3, 0.4) is 0 Å². The number of ether oxygens (including phenoxy) is 1. The van der Waals surface area contributed by atoms with Crippen molar-refractivity contribution in [2.45, 2.75) is 6.42 Å². The van der Waals surface area contributed by atoms with E-state index in [-0.39, 0.29) is 6.42 Å². The van der Waals surface area contributed by atoms with Crippen LogP contribution >= 0.6 is 11.6 Å². The van der Waals surface area contributed by atoms with Crippen LogP contribution in [0, 0.1) is 0 Å². The highest BCUT2D eigenvalue weighted by Gasteiger charge is 2.16. The molecular weight excluding hydrogens is 302 g/mol. The zero-order valence-corrected chi connectivity index (χ0v) is 12.6. The maximum atomic E-state index is 11.2. The maximum Gasteiger partial charge on any atom is 0.307 e. The van der Waals surface area contributed by atoms with Crippen LogP contribution in [-0.2, 0) is 11.2 Å². The van der Waals surface area contributed by atoms with Gasteiger partial charge in [0.05, 0.1) is 19.2 Å². The number of aliphatic carboxylic acids is 1. The molecule has 4 nitrogen and oxygen atoms in total. The largest absolute Gasteiger partial charge is 0.497 e. The zero-order valence-electron chi connectivity index (χ0n) is 11.9. The van der Waals surface area contributed by atoms with Crippen molar-refractivity contribution >= 4 is 28.5 Å². The molecular formula is C17H14ClNO3. The van der Waals surface area contributed by atoms with Crippen molar-refractivity contribution in [1.82, 2.24) is 4.98 Å². The van der Waals surface area contributed by atoms with Gasteiger partial charge in [0.15, 0.2) is 0 Å². The van der Waals surface area contributed by atoms with E-state index in [0.29, 0.717) is 10.8 Å². The Labute approximate surface area is 132 Å². The standard InChI is InChI=1S/C17H14ClNO3/c1-22-12-5-6-15-13(8-12)14(9-16(20)21)17(19-15)10-3-2-4-11(18)7-10/h2-8,19H,9H2,1H3,(H,20,21). The summed E-state index contributed by atoms with van der Waals surface area (Å²) in [5.74, 6) is -0.192. The number of carboxylic acid groups (broad SMARTS) is 1. The molecule has 2 N–H and O–H groups in total. The third-order valence-electron chi connectivity index (χ3n) is 3.55. The van der Waals surface area contributed by atoms with Crippen LogP contribution in [0.1, 0.15) is 5.56 Å². The van der Waals surface area contributed by atoms with E-state index in [2.05, 4.69) is 4.98 Å². The summed E-state index contributed by atoms with van der Waals surface area (Å²) in [5, 5.41) is 10.7. The molecule has 1 aromatic heterocycles. The Balaban J connectivity index is 2.26. The fraction of sp³-hybridized carbons (Fsp3) is 0.118. The van der Waals surface area contributed by atoms with Gasteiger partial charge < -0.3 is 14.8 Å². The second-order valence-electron chi connectivity index (χ2n) is 4.97. The summed E-state index contributed by atoms with van der Waals surface area (Å²) in [5.41, 5.74) is 3.22. The molecule has 1 heterocycles. The van der Waals surface area contributed by atoms with E-state index in [1.165, 1.54) is 0 Å². The van der Waals surface area contributed by atoms with Gasteiger partial charge in [0, 0.05) is 15.9 Å². The van der Waals surface area contributed by atoms with Gasteiger partial charge >= 0.3 is 5.97 Å². The highest BCUT2D eigenvalue weighted by atomic mass is 35.5. The summed E-state index contributed by atoms with van der Waals surface area (Å²) in [6.45, 7) is 0. The third kappa shape index (κ3) is 2.65. The lowest BCUT2D eigenvalue weighted by atomic mass is 10.0. The summed E-state index contributed by atoms with van der Waals surface area (Å²) >= 11 is 6.05. The van der Waals surface area contributed by atoms with E-state index >= 15 is 0 Å². The zero-order chi connectivity index (χ0) is 15.7. The van der Waals surface area contributed by atoms with E-state index in [1.54, 1.807) is 13.2 Å². The Bertz CT molecular complexity index is 854. The minimum Gasteiger partial charge on any atom is -0.497 e. The number of H-pyrrole nitrogens is 1. The average Bonchev–Trinajstić information content (AvgIpc) is 2.84. The summed E-state index contributed by atoms with van der Waals surface area (Å²) in [4.78, 5) is 14.5. The monoisotopic (exact) mass is 315 g/mol. The van der Waals surface area contributed by atoms with Gasteiger partial charge in [-0.15, -0.1) is 0 Å². The van der Waals surface area contributed by atoms with Gasteiger partial charge in [0.25, 0.3) is 0 Å². The number of benzene rings is 2. The highest BCUT2D eigenvalue weighted by Crippen LogP contribution is 2.33. The minimum atomic E-state index is -0.882. The summed E-state index contributed by atoms with van der Waals surface area (Å²) < 4.78 is 5.23. The number of fused-ring (bicyclic) bond motifs is 1. The number of methoxy groups -OCH3 is 1. The molecule has 3 rings (SSSR count). The van der Waals surface area contributed by atoms with Crippen molar-refractivity contribution in [2.75, 3.05) is 7.11 Å². The van der Waals surface area contributed by atoms with Crippen LogP contribution in [0.15, 0.2) is 42.5 Å². The smallest absolute Gasteiger partial charge is 0.307 e. The van der Waals surface area contributed by atoms with Crippen molar-refractivity contribution in [3.63, 3.8) is 0 Å². The number of hydrogen-bond donors (Lipinski definition) is 2. The molecule has 0 aliphatic heterocycles. The molecule has 0 fully saturated rings. The van der Waals surface area contributed by atoms with E-state index in [9.17, 15) is 9.90 Å². The predicted octanol–water partition coefficient (Wildman–Crippen LogP) is 4.12. The average molecular weight is 316 g/mol. The van der Waals surface area contributed by atoms with Crippen LogP contribution in [-0.4, -0.2) is 23.2 Å². The Kier molecular flexibility index (Phi) is 3.77. The Morgan fingerprint density at radius 3 is 2.77 bits per heavy atom. The number of rotatable bonds is 4. The van der Waals surface area contributed by atoms with Crippen molar-refractivity contribution in [1.29, 1.82) is 0 Å². The topological polar surface area (TPSA) is 62.3 Å². The molecule has 0 aliphatic rings. The molecule has 0 radical (unpaired) electrons. The number of hydrogen-bond acceptors (Lipinski definition) is 2. The van der Waals surface area contributed by atoms with Gasteiger partial charge in [0.1, 0.15) is 5.75 Å². The fourth-order valence-corrected chi connectivity index (χ4v) is 2.77. The Morgan fingerprint density at radius 1 is 1.27 bits per heavy atom. The normalized spacial score (nSPS) is 10.8. The second-order valence-corrected chi connectivity index (χ2v) is 5.41. The maximum absolute atomic E-state index is 11.2. The quantitative estimate of drug-likeness (QED) is 0.761. The molecule has 0 amide bonds. The van der Waals surface area contributed by atoms with E-state index in [0.717, 1.165) is 27.7 Å². The van der Waals surface area contributed by atoms with Crippen LogP contribution < -0.4 is 4.74 Å². The lowest BCUT2D eigenvalue weighted by Gasteiger charge is -2.04. The molecule has 0 unspecified atom stereocenters. The Morgan fingerprint density at radius 2 is 2.09 bits per heavy atom. The summed E-state index contributed by atoms with van der Waals surface area (Å²) in [6, 6.07) is 12.9. The molecule has 22 heavy (non-hydrogen) atoms. The molecule has 2 aromatic carbocycles. The van der Waals surface area contributed by atoms with Gasteiger partial charge in [-0.05, 0) is 41.5 Å². The Hall–Kier alpha value is -2.46. The molecule has 0 saturated heterocycles. The fourth-order valence-electron chi connectivity index (χ4n) is 2.58. The van der Waals surface area contributed by atoms with Gasteiger partial charge in [0.2, 0.25) is 0 Å². The number of halogens is 1. The summed E-state index contributed by atoms with van der Waals surface area (Å²) in [6.07, 6.45) is -0.0744. The number of carbonyl (C=O) groups is 1. The highest BCUT2D eigenvalue weighted by molar-refractivity contribution is 6.30. The van der Waals surface area contributed by atoms with Gasteiger partial charge in [-0.25, -0.2) is 0 Å². The number of nitrogens with one attached hydrogen (secondary N) is 1. The lowest BCUT2D eigenvalue weighted by molar-refractivity contribution is -0.136. The molecule has 5 heteroatoms. The first kappa shape index (κ1) is 14.5. The number of aromatic nitrogens is 1. The van der Waals surface area contributed by atoms with Gasteiger partial charge in [-0.1, -0.05) is 23.7 Å². The van der Waals surface area contributed by atoms with E-state index < -0.39 is 5.97 Å². The van der Waals surface area contributed by atoms with Crippen molar-refractivity contribution in [3.8, 4) is 17.0 Å². The predicted molar refractivity (Wildman–Crippen MR) is 86.6 cm³/mol. The third-order valence-corrected chi connectivity index (χ3v) is 3.79. The molecule has 0 atom stereocenters. The summed E-state index contributed by atoms with van der Waals surface area (Å²) in [7, 11) is 1.59. The lowest BCUT2D eigenvalue weighted by Crippen LogP contribution is -2.01. The number of aromatic amines is 1. The second kappa shape index (κ2) is 5.73. The first-order chi connectivity index (χ1) is 10.6. The molecule has 0 bridgehead atoms. The van der Waals surface area contributed by atoms with Crippen LogP contribution in [0.2, 0.25) is 5.02 Å². The molecule has 0 saturated carbocycles. The van der Waals surface area contributed by atoms with Crippen molar-refractivity contribution < 1.29 is 14.6 Å². The van der Waals surface area contributed by atoms with Crippen LogP contribution in [0.25, 0.3) is 22.2 Å². The van der Waals surface area contributed by atoms with Gasteiger partial charge in [-0.3, -0.25) is 4.79 Å². The molecule has 0 spiro atoms. The minimum absolute atomic E-state index is 0.0744. The first-order valence-corrected chi connectivity index (χ1v) is 7.12. The van der Waals surface area contributed by atoms with Crippen LogP contribution in [0.5, 0.6) is 5.75 Å². The molecule has 0 aliphatic carbocycles.